The third-order valence-corrected chi connectivity index (χ3v) is 2.81. The largest absolute Gasteiger partial charge is 0.350 e. The average Bonchev–Trinajstić information content (AvgIpc) is 2.58. The van der Waals surface area contributed by atoms with E-state index in [1.807, 2.05) is 0 Å². The van der Waals surface area contributed by atoms with E-state index in [4.69, 9.17) is 0 Å². The van der Waals surface area contributed by atoms with Crippen molar-refractivity contribution in [2.24, 2.45) is 7.05 Å². The van der Waals surface area contributed by atoms with Gasteiger partial charge in [0.15, 0.2) is 0 Å². The molecule has 0 amide bonds. The predicted octanol–water partition coefficient (Wildman–Crippen LogP) is 2.20. The van der Waals surface area contributed by atoms with Crippen molar-refractivity contribution in [1.29, 1.82) is 0 Å². The number of nitrogens with one attached hydrogen (secondary N) is 1. The molecule has 80 valence electrons. The van der Waals surface area contributed by atoms with E-state index in [2.05, 4.69) is 60.0 Å². The Morgan fingerprint density at radius 3 is 2.93 bits per heavy atom. The van der Waals surface area contributed by atoms with E-state index in [0.29, 0.717) is 0 Å². The van der Waals surface area contributed by atoms with E-state index in [1.165, 1.54) is 16.5 Å². The van der Waals surface area contributed by atoms with Crippen molar-refractivity contribution in [2.75, 3.05) is 12.3 Å². The Balaban J connectivity index is 2.27. The molecule has 2 rings (SSSR count). The first-order chi connectivity index (χ1) is 7.33. The summed E-state index contributed by atoms with van der Waals surface area (Å²) in [5, 5.41) is 4.71. The molecular formula is C12H16N2S. The van der Waals surface area contributed by atoms with E-state index in [9.17, 15) is 0 Å². The van der Waals surface area contributed by atoms with Crippen LogP contribution in [0.2, 0.25) is 0 Å². The topological polar surface area (TPSA) is 17.0 Å². The number of para-hydroxylation sites is 1. The monoisotopic (exact) mass is 220 g/mol. The van der Waals surface area contributed by atoms with E-state index in [0.717, 1.165) is 18.8 Å². The molecule has 0 saturated carbocycles. The standard InChI is InChI=1S/C12H16N2S/c1-14-9-10(8-13-6-7-15)11-4-2-3-5-12(11)14/h2-5,9,13,15H,6-8H2,1H3. The molecule has 3 heteroatoms. The van der Waals surface area contributed by atoms with E-state index in [-0.39, 0.29) is 0 Å². The van der Waals surface area contributed by atoms with Crippen LogP contribution in [0.4, 0.5) is 0 Å². The highest BCUT2D eigenvalue weighted by molar-refractivity contribution is 7.80. The zero-order valence-corrected chi connectivity index (χ0v) is 9.80. The number of rotatable bonds is 4. The zero-order valence-electron chi connectivity index (χ0n) is 8.90. The lowest BCUT2D eigenvalue weighted by atomic mass is 10.2. The van der Waals surface area contributed by atoms with Gasteiger partial charge in [-0.05, 0) is 11.6 Å². The van der Waals surface area contributed by atoms with Gasteiger partial charge in [0.2, 0.25) is 0 Å². The molecule has 0 saturated heterocycles. The summed E-state index contributed by atoms with van der Waals surface area (Å²) < 4.78 is 2.17. The number of hydrogen-bond donors (Lipinski definition) is 2. The lowest BCUT2D eigenvalue weighted by Crippen LogP contribution is -2.15. The van der Waals surface area contributed by atoms with Crippen molar-refractivity contribution in [1.82, 2.24) is 9.88 Å². The van der Waals surface area contributed by atoms with E-state index in [1.54, 1.807) is 0 Å². The van der Waals surface area contributed by atoms with E-state index >= 15 is 0 Å². The van der Waals surface area contributed by atoms with Crippen molar-refractivity contribution in [3.05, 3.63) is 36.0 Å². The SMILES string of the molecule is Cn1cc(CNCCS)c2ccccc21. The van der Waals surface area contributed by atoms with Crippen molar-refractivity contribution in [2.45, 2.75) is 6.54 Å². The molecule has 0 unspecified atom stereocenters. The molecule has 1 aromatic heterocycles. The van der Waals surface area contributed by atoms with Crippen LogP contribution in [0.25, 0.3) is 10.9 Å². The number of fused-ring (bicyclic) bond motifs is 1. The van der Waals surface area contributed by atoms with Crippen LogP contribution in [-0.2, 0) is 13.6 Å². The third-order valence-electron chi connectivity index (χ3n) is 2.58. The minimum atomic E-state index is 0.880. The second-order valence-electron chi connectivity index (χ2n) is 3.68. The molecule has 0 aliphatic rings. The van der Waals surface area contributed by atoms with Crippen LogP contribution in [0.3, 0.4) is 0 Å². The van der Waals surface area contributed by atoms with E-state index < -0.39 is 0 Å². The van der Waals surface area contributed by atoms with Crippen LogP contribution in [0.5, 0.6) is 0 Å². The summed E-state index contributed by atoms with van der Waals surface area (Å²) in [6.07, 6.45) is 2.19. The lowest BCUT2D eigenvalue weighted by molar-refractivity contribution is 0.733. The minimum absolute atomic E-state index is 0.880. The zero-order chi connectivity index (χ0) is 10.7. The normalized spacial score (nSPS) is 11.1. The van der Waals surface area contributed by atoms with Crippen LogP contribution < -0.4 is 5.32 Å². The van der Waals surface area contributed by atoms with Crippen LogP contribution in [0.1, 0.15) is 5.56 Å². The number of thiol groups is 1. The summed E-state index contributed by atoms with van der Waals surface area (Å²) in [6, 6.07) is 8.49. The summed E-state index contributed by atoms with van der Waals surface area (Å²) in [6.45, 7) is 1.87. The van der Waals surface area contributed by atoms with Gasteiger partial charge in [0.1, 0.15) is 0 Å². The second-order valence-corrected chi connectivity index (χ2v) is 4.13. The minimum Gasteiger partial charge on any atom is -0.350 e. The van der Waals surface area contributed by atoms with Crippen LogP contribution in [0, 0.1) is 0 Å². The maximum atomic E-state index is 4.18. The summed E-state index contributed by atoms with van der Waals surface area (Å²) >= 11 is 4.18. The quantitative estimate of drug-likeness (QED) is 0.596. The molecule has 0 fully saturated rings. The fourth-order valence-corrected chi connectivity index (χ4v) is 2.03. The van der Waals surface area contributed by atoms with Gasteiger partial charge >= 0.3 is 0 Å². The maximum Gasteiger partial charge on any atom is 0.0481 e. The predicted molar refractivity (Wildman–Crippen MR) is 68.5 cm³/mol. The molecule has 1 heterocycles. The summed E-state index contributed by atoms with van der Waals surface area (Å²) in [5.74, 6) is 0.880. The van der Waals surface area contributed by atoms with Gasteiger partial charge in [-0.2, -0.15) is 12.6 Å². The van der Waals surface area contributed by atoms with Crippen LogP contribution in [-0.4, -0.2) is 16.9 Å². The average molecular weight is 220 g/mol. The first-order valence-electron chi connectivity index (χ1n) is 5.17. The number of aromatic nitrogens is 1. The van der Waals surface area contributed by atoms with Gasteiger partial charge in [-0.1, -0.05) is 18.2 Å². The highest BCUT2D eigenvalue weighted by atomic mass is 32.1. The molecule has 2 nitrogen and oxygen atoms in total. The summed E-state index contributed by atoms with van der Waals surface area (Å²) in [7, 11) is 2.09. The fourth-order valence-electron chi connectivity index (χ4n) is 1.87. The highest BCUT2D eigenvalue weighted by Gasteiger charge is 2.04. The third kappa shape index (κ3) is 2.19. The van der Waals surface area contributed by atoms with Gasteiger partial charge in [0.05, 0.1) is 0 Å². The molecule has 0 radical (unpaired) electrons. The Morgan fingerprint density at radius 1 is 1.33 bits per heavy atom. The highest BCUT2D eigenvalue weighted by Crippen LogP contribution is 2.19. The molecule has 2 aromatic rings. The number of nitrogens with zero attached hydrogens (tertiary/aromatic N) is 1. The molecule has 0 spiro atoms. The Labute approximate surface area is 95.7 Å². The van der Waals surface area contributed by atoms with Gasteiger partial charge in [0, 0.05) is 43.0 Å². The Kier molecular flexibility index (Phi) is 3.34. The number of aryl methyl sites for hydroxylation is 1. The van der Waals surface area contributed by atoms with Crippen LogP contribution >= 0.6 is 12.6 Å². The van der Waals surface area contributed by atoms with Crippen molar-refractivity contribution >= 4 is 23.5 Å². The molecular weight excluding hydrogens is 204 g/mol. The molecule has 0 bridgehead atoms. The van der Waals surface area contributed by atoms with Gasteiger partial charge in [-0.15, -0.1) is 0 Å². The summed E-state index contributed by atoms with van der Waals surface area (Å²) in [5.41, 5.74) is 2.65. The molecule has 1 N–H and O–H groups in total. The first kappa shape index (κ1) is 10.6. The Hall–Kier alpha value is -0.930. The molecule has 0 aliphatic heterocycles. The van der Waals surface area contributed by atoms with Crippen molar-refractivity contribution in [3.8, 4) is 0 Å². The van der Waals surface area contributed by atoms with Crippen molar-refractivity contribution in [3.63, 3.8) is 0 Å². The smallest absolute Gasteiger partial charge is 0.0481 e. The van der Waals surface area contributed by atoms with Gasteiger partial charge < -0.3 is 9.88 Å². The Bertz CT molecular complexity index is 448. The second kappa shape index (κ2) is 4.73. The molecule has 1 aromatic carbocycles. The molecule has 0 atom stereocenters. The van der Waals surface area contributed by atoms with Gasteiger partial charge in [-0.3, -0.25) is 0 Å². The molecule has 15 heavy (non-hydrogen) atoms. The first-order valence-corrected chi connectivity index (χ1v) is 5.80. The lowest BCUT2D eigenvalue weighted by Gasteiger charge is -2.00. The van der Waals surface area contributed by atoms with Crippen molar-refractivity contribution < 1.29 is 0 Å². The van der Waals surface area contributed by atoms with Gasteiger partial charge in [0.25, 0.3) is 0 Å². The Morgan fingerprint density at radius 2 is 2.13 bits per heavy atom. The maximum absolute atomic E-state index is 4.18. The number of benzene rings is 1. The number of hydrogen-bond acceptors (Lipinski definition) is 2. The summed E-state index contributed by atoms with van der Waals surface area (Å²) in [4.78, 5) is 0. The van der Waals surface area contributed by atoms with Crippen LogP contribution in [0.15, 0.2) is 30.5 Å². The molecule has 0 aliphatic carbocycles. The van der Waals surface area contributed by atoms with Gasteiger partial charge in [-0.25, -0.2) is 0 Å². The fraction of sp³-hybridized carbons (Fsp3) is 0.333.